The van der Waals surface area contributed by atoms with Crippen molar-refractivity contribution in [3.05, 3.63) is 23.2 Å². The Kier molecular flexibility index (Phi) is 6.01. The van der Waals surface area contributed by atoms with E-state index in [4.69, 9.17) is 9.52 Å². The monoisotopic (exact) mass is 321 g/mol. The number of hydrogen-bond donors (Lipinski definition) is 1. The topological polar surface area (TPSA) is 70.8 Å². The summed E-state index contributed by atoms with van der Waals surface area (Å²) in [5, 5.41) is 8.78. The molecule has 0 aliphatic carbocycles. The molecule has 8 heteroatoms. The smallest absolute Gasteiger partial charge is 0.406 e. The minimum absolute atomic E-state index is 0.0496. The first-order valence-electron chi connectivity index (χ1n) is 6.80. The molecule has 0 fully saturated rings. The van der Waals surface area contributed by atoms with Crippen molar-refractivity contribution in [1.29, 1.82) is 0 Å². The second kappa shape index (κ2) is 7.33. The summed E-state index contributed by atoms with van der Waals surface area (Å²) < 4.78 is 42.9. The van der Waals surface area contributed by atoms with Crippen LogP contribution in [0, 0.1) is 6.92 Å². The van der Waals surface area contributed by atoms with E-state index in [-0.39, 0.29) is 17.9 Å². The van der Waals surface area contributed by atoms with Gasteiger partial charge in [0.2, 0.25) is 0 Å². The van der Waals surface area contributed by atoms with Gasteiger partial charge in [-0.1, -0.05) is 13.3 Å². The van der Waals surface area contributed by atoms with Gasteiger partial charge in [0.1, 0.15) is 18.7 Å². The van der Waals surface area contributed by atoms with Crippen LogP contribution in [0.15, 0.2) is 10.7 Å². The molecule has 0 aliphatic heterocycles. The molecule has 1 aromatic rings. The first-order valence-corrected chi connectivity index (χ1v) is 6.80. The summed E-state index contributed by atoms with van der Waals surface area (Å²) in [6.07, 6.45) is -2.84. The number of aryl methyl sites for hydroxylation is 1. The van der Waals surface area contributed by atoms with Gasteiger partial charge in [-0.3, -0.25) is 9.59 Å². The Morgan fingerprint density at radius 1 is 1.36 bits per heavy atom. The van der Waals surface area contributed by atoms with E-state index in [2.05, 4.69) is 0 Å². The molecule has 1 rings (SSSR count). The van der Waals surface area contributed by atoms with Crippen molar-refractivity contribution < 1.29 is 32.3 Å². The maximum absolute atomic E-state index is 12.6. The van der Waals surface area contributed by atoms with Gasteiger partial charge in [0.25, 0.3) is 5.91 Å². The van der Waals surface area contributed by atoms with E-state index >= 15 is 0 Å². The quantitative estimate of drug-likeness (QED) is 0.838. The minimum atomic E-state index is -4.52. The molecule has 124 valence electrons. The van der Waals surface area contributed by atoms with Gasteiger partial charge >= 0.3 is 12.1 Å². The molecular formula is C14H18F3NO4. The normalized spacial score (nSPS) is 11.5. The van der Waals surface area contributed by atoms with E-state index in [1.807, 2.05) is 0 Å². The summed E-state index contributed by atoms with van der Waals surface area (Å²) in [7, 11) is 0. The molecule has 0 saturated carbocycles. The molecule has 0 radical (unpaired) electrons. The maximum Gasteiger partial charge on any atom is 0.406 e. The first kappa shape index (κ1) is 18.1. The molecule has 0 aromatic carbocycles. The van der Waals surface area contributed by atoms with Gasteiger partial charge in [0.15, 0.2) is 0 Å². The Labute approximate surface area is 125 Å². The predicted molar refractivity (Wildman–Crippen MR) is 71.7 cm³/mol. The SMILES string of the molecule is CCCCN(CC(F)(F)F)C(=O)c1c(C)coc1CC(=O)O. The minimum Gasteiger partial charge on any atom is -0.481 e. The highest BCUT2D eigenvalue weighted by Gasteiger charge is 2.35. The lowest BCUT2D eigenvalue weighted by molar-refractivity contribution is -0.141. The second-order valence-corrected chi connectivity index (χ2v) is 4.98. The van der Waals surface area contributed by atoms with E-state index in [0.717, 1.165) is 0 Å². The number of aliphatic carboxylic acids is 1. The van der Waals surface area contributed by atoms with Crippen LogP contribution in [0.25, 0.3) is 0 Å². The summed E-state index contributed by atoms with van der Waals surface area (Å²) in [6, 6.07) is 0. The lowest BCUT2D eigenvalue weighted by Crippen LogP contribution is -2.40. The van der Waals surface area contributed by atoms with Crippen molar-refractivity contribution in [3.8, 4) is 0 Å². The number of nitrogens with zero attached hydrogens (tertiary/aromatic N) is 1. The highest BCUT2D eigenvalue weighted by atomic mass is 19.4. The predicted octanol–water partition coefficient (Wildman–Crippen LogP) is 3.02. The number of amides is 1. The summed E-state index contributed by atoms with van der Waals surface area (Å²) in [4.78, 5) is 23.8. The van der Waals surface area contributed by atoms with E-state index < -0.39 is 31.0 Å². The molecule has 1 amide bonds. The standard InChI is InChI=1S/C14H18F3NO4/c1-3-4-5-18(8-14(15,16)17)13(21)12-9(2)7-22-10(12)6-11(19)20/h7H,3-6,8H2,1-2H3,(H,19,20). The Hall–Kier alpha value is -1.99. The lowest BCUT2D eigenvalue weighted by Gasteiger charge is -2.24. The number of halogens is 3. The van der Waals surface area contributed by atoms with Crippen molar-refractivity contribution in [2.75, 3.05) is 13.1 Å². The van der Waals surface area contributed by atoms with Crippen LogP contribution in [0.4, 0.5) is 13.2 Å². The van der Waals surface area contributed by atoms with E-state index in [0.29, 0.717) is 23.3 Å². The van der Waals surface area contributed by atoms with Crippen molar-refractivity contribution in [2.45, 2.75) is 39.3 Å². The molecule has 0 spiro atoms. The van der Waals surface area contributed by atoms with Crippen LogP contribution >= 0.6 is 0 Å². The zero-order valence-electron chi connectivity index (χ0n) is 12.4. The van der Waals surface area contributed by atoms with Crippen LogP contribution in [-0.4, -0.2) is 41.1 Å². The molecule has 0 aliphatic rings. The van der Waals surface area contributed by atoms with Crippen LogP contribution < -0.4 is 0 Å². The lowest BCUT2D eigenvalue weighted by atomic mass is 10.1. The molecule has 22 heavy (non-hydrogen) atoms. The van der Waals surface area contributed by atoms with Gasteiger partial charge in [0.05, 0.1) is 11.8 Å². The van der Waals surface area contributed by atoms with Crippen LogP contribution in [0.5, 0.6) is 0 Å². The number of carboxylic acid groups (broad SMARTS) is 1. The molecule has 0 saturated heterocycles. The fraction of sp³-hybridized carbons (Fsp3) is 0.571. The van der Waals surface area contributed by atoms with E-state index in [1.165, 1.54) is 13.2 Å². The average Bonchev–Trinajstić information content (AvgIpc) is 2.72. The van der Waals surface area contributed by atoms with Crippen molar-refractivity contribution >= 4 is 11.9 Å². The zero-order valence-corrected chi connectivity index (χ0v) is 12.4. The third kappa shape index (κ3) is 5.09. The summed E-state index contributed by atoms with van der Waals surface area (Å²) >= 11 is 0. The Morgan fingerprint density at radius 3 is 2.50 bits per heavy atom. The number of rotatable bonds is 7. The van der Waals surface area contributed by atoms with Gasteiger partial charge in [-0.25, -0.2) is 0 Å². The molecule has 0 bridgehead atoms. The van der Waals surface area contributed by atoms with Crippen LogP contribution in [-0.2, 0) is 11.2 Å². The Balaban J connectivity index is 3.07. The van der Waals surface area contributed by atoms with Crippen molar-refractivity contribution in [1.82, 2.24) is 4.90 Å². The summed E-state index contributed by atoms with van der Waals surface area (Å²) in [5.41, 5.74) is 0.229. The first-order chi connectivity index (χ1) is 10.2. The third-order valence-electron chi connectivity index (χ3n) is 3.02. The maximum atomic E-state index is 12.6. The molecular weight excluding hydrogens is 303 g/mol. The van der Waals surface area contributed by atoms with Gasteiger partial charge in [-0.2, -0.15) is 13.2 Å². The van der Waals surface area contributed by atoms with Crippen LogP contribution in [0.3, 0.4) is 0 Å². The third-order valence-corrected chi connectivity index (χ3v) is 3.02. The second-order valence-electron chi connectivity index (χ2n) is 4.98. The van der Waals surface area contributed by atoms with Crippen molar-refractivity contribution in [2.24, 2.45) is 0 Å². The van der Waals surface area contributed by atoms with Gasteiger partial charge < -0.3 is 14.4 Å². The molecule has 1 N–H and O–H groups in total. The largest absolute Gasteiger partial charge is 0.481 e. The number of furan rings is 1. The molecule has 0 atom stereocenters. The zero-order chi connectivity index (χ0) is 16.9. The number of hydrogen-bond acceptors (Lipinski definition) is 3. The Morgan fingerprint density at radius 2 is 2.00 bits per heavy atom. The highest BCUT2D eigenvalue weighted by Crippen LogP contribution is 2.23. The number of carboxylic acids is 1. The van der Waals surface area contributed by atoms with Crippen molar-refractivity contribution in [3.63, 3.8) is 0 Å². The van der Waals surface area contributed by atoms with Gasteiger partial charge in [-0.05, 0) is 13.3 Å². The van der Waals surface area contributed by atoms with Crippen LogP contribution in [0.1, 0.15) is 41.4 Å². The van der Waals surface area contributed by atoms with Gasteiger partial charge in [0, 0.05) is 12.1 Å². The summed E-state index contributed by atoms with van der Waals surface area (Å²) in [6.45, 7) is 1.87. The number of carbonyl (C=O) groups is 2. The molecule has 0 unspecified atom stereocenters. The fourth-order valence-electron chi connectivity index (χ4n) is 2.03. The number of unbranched alkanes of at least 4 members (excludes halogenated alkanes) is 1. The number of carbonyl (C=O) groups excluding carboxylic acids is 1. The molecule has 1 heterocycles. The fourth-order valence-corrected chi connectivity index (χ4v) is 2.03. The molecule has 5 nitrogen and oxygen atoms in total. The van der Waals surface area contributed by atoms with E-state index in [9.17, 15) is 22.8 Å². The van der Waals surface area contributed by atoms with Gasteiger partial charge in [-0.15, -0.1) is 0 Å². The highest BCUT2D eigenvalue weighted by molar-refractivity contribution is 5.97. The number of alkyl halides is 3. The Bertz CT molecular complexity index is 537. The van der Waals surface area contributed by atoms with Crippen LogP contribution in [0.2, 0.25) is 0 Å². The van der Waals surface area contributed by atoms with E-state index in [1.54, 1.807) is 6.92 Å². The summed E-state index contributed by atoms with van der Waals surface area (Å²) in [5.74, 6) is -2.20. The average molecular weight is 321 g/mol. The molecule has 1 aromatic heterocycles.